The molecule has 0 aliphatic rings. The summed E-state index contributed by atoms with van der Waals surface area (Å²) in [7, 11) is 0. The first kappa shape index (κ1) is 13.2. The number of fused-ring (bicyclic) bond motifs is 1. The molecule has 1 heterocycles. The van der Waals surface area contributed by atoms with Crippen LogP contribution in [0.2, 0.25) is 5.02 Å². The number of aromatic amines is 1. The lowest BCUT2D eigenvalue weighted by atomic mass is 10.0. The van der Waals surface area contributed by atoms with Crippen LogP contribution in [0.25, 0.3) is 22.0 Å². The first-order chi connectivity index (χ1) is 9.58. The maximum Gasteiger partial charge on any atom is 0.260 e. The van der Waals surface area contributed by atoms with Crippen LogP contribution >= 0.6 is 27.5 Å². The van der Waals surface area contributed by atoms with Crippen molar-refractivity contribution in [2.24, 2.45) is 0 Å². The van der Waals surface area contributed by atoms with Gasteiger partial charge in [-0.2, -0.15) is 0 Å². The summed E-state index contributed by atoms with van der Waals surface area (Å²) in [5, 5.41) is 11.4. The highest BCUT2D eigenvalue weighted by molar-refractivity contribution is 9.10. The van der Waals surface area contributed by atoms with Crippen LogP contribution in [0.1, 0.15) is 0 Å². The number of rotatable bonds is 1. The lowest BCUT2D eigenvalue weighted by Crippen LogP contribution is -2.09. The standard InChI is InChI=1S/C15H9BrClNO2/c16-8-5-6-12-10(7-8)14(19)13(15(20)18-12)9-3-1-2-4-11(9)17/h1-7H,(H2,18,19,20). The molecule has 2 aromatic carbocycles. The number of benzene rings is 2. The topological polar surface area (TPSA) is 53.1 Å². The second kappa shape index (κ2) is 4.96. The van der Waals surface area contributed by atoms with Gasteiger partial charge in [-0.05, 0) is 24.3 Å². The summed E-state index contributed by atoms with van der Waals surface area (Å²) >= 11 is 9.46. The predicted molar refractivity (Wildman–Crippen MR) is 84.4 cm³/mol. The minimum Gasteiger partial charge on any atom is -0.506 e. The molecule has 3 nitrogen and oxygen atoms in total. The minimum absolute atomic E-state index is 0.0712. The van der Waals surface area contributed by atoms with Crippen LogP contribution in [0.5, 0.6) is 5.75 Å². The van der Waals surface area contributed by atoms with Gasteiger partial charge in [0.05, 0.1) is 11.1 Å². The Morgan fingerprint density at radius 1 is 1.15 bits per heavy atom. The summed E-state index contributed by atoms with van der Waals surface area (Å²) in [4.78, 5) is 15.0. The second-order valence-corrected chi connectivity index (χ2v) is 5.67. The predicted octanol–water partition coefficient (Wildman–Crippen LogP) is 4.32. The van der Waals surface area contributed by atoms with E-state index in [9.17, 15) is 9.90 Å². The Labute approximate surface area is 128 Å². The fraction of sp³-hybridized carbons (Fsp3) is 0. The monoisotopic (exact) mass is 349 g/mol. The lowest BCUT2D eigenvalue weighted by Gasteiger charge is -2.09. The van der Waals surface area contributed by atoms with Crippen molar-refractivity contribution in [1.82, 2.24) is 4.98 Å². The zero-order valence-electron chi connectivity index (χ0n) is 10.2. The molecule has 0 spiro atoms. The molecule has 0 atom stereocenters. The van der Waals surface area contributed by atoms with Crippen molar-refractivity contribution in [1.29, 1.82) is 0 Å². The summed E-state index contributed by atoms with van der Waals surface area (Å²) in [6, 6.07) is 12.2. The molecule has 3 rings (SSSR count). The Hall–Kier alpha value is -1.78. The highest BCUT2D eigenvalue weighted by atomic mass is 79.9. The number of aromatic nitrogens is 1. The van der Waals surface area contributed by atoms with E-state index in [1.807, 2.05) is 0 Å². The van der Waals surface area contributed by atoms with Crippen LogP contribution in [0.3, 0.4) is 0 Å². The molecule has 0 aliphatic heterocycles. The van der Waals surface area contributed by atoms with E-state index >= 15 is 0 Å². The van der Waals surface area contributed by atoms with Gasteiger partial charge in [-0.3, -0.25) is 4.79 Å². The van der Waals surface area contributed by atoms with Gasteiger partial charge in [0, 0.05) is 20.4 Å². The number of hydrogen-bond donors (Lipinski definition) is 2. The number of hydrogen-bond acceptors (Lipinski definition) is 2. The van der Waals surface area contributed by atoms with Crippen LogP contribution in [0, 0.1) is 0 Å². The largest absolute Gasteiger partial charge is 0.506 e. The van der Waals surface area contributed by atoms with Gasteiger partial charge >= 0.3 is 0 Å². The zero-order valence-corrected chi connectivity index (χ0v) is 12.5. The van der Waals surface area contributed by atoms with Crippen LogP contribution in [-0.2, 0) is 0 Å². The molecule has 5 heteroatoms. The molecule has 0 bridgehead atoms. The van der Waals surface area contributed by atoms with Crippen molar-refractivity contribution in [2.45, 2.75) is 0 Å². The van der Waals surface area contributed by atoms with Gasteiger partial charge in [0.15, 0.2) is 0 Å². The summed E-state index contributed by atoms with van der Waals surface area (Å²) < 4.78 is 0.817. The molecule has 0 saturated heterocycles. The minimum atomic E-state index is -0.370. The average molecular weight is 351 g/mol. The molecular weight excluding hydrogens is 342 g/mol. The van der Waals surface area contributed by atoms with Crippen molar-refractivity contribution in [3.63, 3.8) is 0 Å². The summed E-state index contributed by atoms with van der Waals surface area (Å²) in [6.07, 6.45) is 0. The van der Waals surface area contributed by atoms with Gasteiger partial charge in [0.1, 0.15) is 5.75 Å². The van der Waals surface area contributed by atoms with Gasteiger partial charge < -0.3 is 10.1 Å². The Morgan fingerprint density at radius 2 is 1.90 bits per heavy atom. The van der Waals surface area contributed by atoms with Crippen molar-refractivity contribution >= 4 is 38.4 Å². The Morgan fingerprint density at radius 3 is 2.65 bits per heavy atom. The first-order valence-electron chi connectivity index (χ1n) is 5.87. The number of H-pyrrole nitrogens is 1. The van der Waals surface area contributed by atoms with Crippen molar-refractivity contribution in [2.75, 3.05) is 0 Å². The number of pyridine rings is 1. The van der Waals surface area contributed by atoms with Gasteiger partial charge in [0.25, 0.3) is 5.56 Å². The Kier molecular flexibility index (Phi) is 3.28. The fourth-order valence-corrected chi connectivity index (χ4v) is 2.75. The van der Waals surface area contributed by atoms with E-state index in [1.54, 1.807) is 42.5 Å². The molecule has 20 heavy (non-hydrogen) atoms. The number of halogens is 2. The molecule has 3 aromatic rings. The van der Waals surface area contributed by atoms with Crippen LogP contribution < -0.4 is 5.56 Å². The summed E-state index contributed by atoms with van der Waals surface area (Å²) in [5.41, 5.74) is 0.896. The van der Waals surface area contributed by atoms with E-state index in [0.717, 1.165) is 4.47 Å². The molecule has 2 N–H and O–H groups in total. The number of aromatic hydroxyl groups is 1. The van der Waals surface area contributed by atoms with E-state index in [0.29, 0.717) is 21.5 Å². The van der Waals surface area contributed by atoms with Crippen LogP contribution in [0.15, 0.2) is 51.7 Å². The van der Waals surface area contributed by atoms with Crippen molar-refractivity contribution in [3.05, 3.63) is 62.3 Å². The molecule has 0 aliphatic carbocycles. The smallest absolute Gasteiger partial charge is 0.260 e. The van der Waals surface area contributed by atoms with Crippen LogP contribution in [0.4, 0.5) is 0 Å². The third kappa shape index (κ3) is 2.11. The molecular formula is C15H9BrClNO2. The normalized spacial score (nSPS) is 10.9. The van der Waals surface area contributed by atoms with Gasteiger partial charge in [-0.25, -0.2) is 0 Å². The Balaban J connectivity index is 2.43. The average Bonchev–Trinajstić information content (AvgIpc) is 2.42. The van der Waals surface area contributed by atoms with Gasteiger partial charge in [-0.1, -0.05) is 45.7 Å². The van der Waals surface area contributed by atoms with E-state index < -0.39 is 0 Å². The van der Waals surface area contributed by atoms with E-state index in [1.165, 1.54) is 0 Å². The van der Waals surface area contributed by atoms with E-state index in [4.69, 9.17) is 11.6 Å². The van der Waals surface area contributed by atoms with Crippen molar-refractivity contribution in [3.8, 4) is 16.9 Å². The maximum absolute atomic E-state index is 12.2. The number of nitrogens with one attached hydrogen (secondary N) is 1. The maximum atomic E-state index is 12.2. The highest BCUT2D eigenvalue weighted by Crippen LogP contribution is 2.36. The third-order valence-electron chi connectivity index (χ3n) is 3.09. The molecule has 0 saturated carbocycles. The summed E-state index contributed by atoms with van der Waals surface area (Å²) in [5.74, 6) is -0.0712. The lowest BCUT2D eigenvalue weighted by molar-refractivity contribution is 0.482. The van der Waals surface area contributed by atoms with Gasteiger partial charge in [-0.15, -0.1) is 0 Å². The quantitative estimate of drug-likeness (QED) is 0.687. The highest BCUT2D eigenvalue weighted by Gasteiger charge is 2.16. The molecule has 100 valence electrons. The van der Waals surface area contributed by atoms with E-state index in [2.05, 4.69) is 20.9 Å². The molecule has 0 unspecified atom stereocenters. The van der Waals surface area contributed by atoms with Gasteiger partial charge in [0.2, 0.25) is 0 Å². The second-order valence-electron chi connectivity index (χ2n) is 4.35. The first-order valence-corrected chi connectivity index (χ1v) is 7.04. The molecule has 0 amide bonds. The molecule has 0 fully saturated rings. The van der Waals surface area contributed by atoms with Crippen molar-refractivity contribution < 1.29 is 5.11 Å². The fourth-order valence-electron chi connectivity index (χ4n) is 2.16. The molecule has 1 aromatic heterocycles. The van der Waals surface area contributed by atoms with E-state index in [-0.39, 0.29) is 16.9 Å². The van der Waals surface area contributed by atoms with Crippen LogP contribution in [-0.4, -0.2) is 10.1 Å². The molecule has 0 radical (unpaired) electrons. The zero-order chi connectivity index (χ0) is 14.3. The SMILES string of the molecule is O=c1[nH]c2ccc(Br)cc2c(O)c1-c1ccccc1Cl. The third-order valence-corrected chi connectivity index (χ3v) is 3.91. The summed E-state index contributed by atoms with van der Waals surface area (Å²) in [6.45, 7) is 0. The Bertz CT molecular complexity index is 873.